The summed E-state index contributed by atoms with van der Waals surface area (Å²) in [5.74, 6) is 0.473. The van der Waals surface area contributed by atoms with Gasteiger partial charge in [-0.3, -0.25) is 9.69 Å². The second-order valence-electron chi connectivity index (χ2n) is 11.8. The van der Waals surface area contributed by atoms with Gasteiger partial charge in [-0.05, 0) is 57.0 Å². The van der Waals surface area contributed by atoms with E-state index in [0.717, 1.165) is 72.1 Å². The smallest absolute Gasteiger partial charge is 0.300 e. The molecule has 2 aromatic heterocycles. The summed E-state index contributed by atoms with van der Waals surface area (Å²) in [5.41, 5.74) is 11.0. The van der Waals surface area contributed by atoms with Gasteiger partial charge in [0.15, 0.2) is 5.65 Å². The van der Waals surface area contributed by atoms with Gasteiger partial charge in [0.2, 0.25) is 0 Å². The molecule has 1 saturated carbocycles. The number of nitrogens with one attached hydrogen (secondary N) is 1. The maximum atomic E-state index is 9.00. The molecule has 4 N–H and O–H groups in total. The fraction of sp³-hybridized carbons (Fsp3) is 0.438. The minimum absolute atomic E-state index is 0.000364. The predicted octanol–water partition coefficient (Wildman–Crippen LogP) is 5.10. The van der Waals surface area contributed by atoms with Crippen molar-refractivity contribution in [1.82, 2.24) is 29.5 Å². The number of hydrogen-bond donors (Lipinski definition) is 3. The summed E-state index contributed by atoms with van der Waals surface area (Å²) < 4.78 is 7.95. The number of nitrogen functional groups attached to an aromatic ring is 1. The van der Waals surface area contributed by atoms with Gasteiger partial charge >= 0.3 is 0 Å². The van der Waals surface area contributed by atoms with Crippen molar-refractivity contribution in [2.45, 2.75) is 50.7 Å². The second-order valence-corrected chi connectivity index (χ2v) is 12.2. The van der Waals surface area contributed by atoms with Crippen molar-refractivity contribution in [3.63, 3.8) is 0 Å². The number of nitrogens with two attached hydrogens (primary N) is 1. The SMILES string of the molecule is CC(=O)O.CN1CCN(C2CCC(n3nc(-c4ccc(NC5COc6cccc(Cl)c65)cc4)c4c(N)ncnc43)CC2)CC1. The maximum Gasteiger partial charge on any atom is 0.300 e. The predicted molar refractivity (Wildman–Crippen MR) is 172 cm³/mol. The Morgan fingerprint density at radius 1 is 1.02 bits per heavy atom. The number of anilines is 2. The van der Waals surface area contributed by atoms with E-state index in [1.165, 1.54) is 25.9 Å². The minimum Gasteiger partial charge on any atom is -0.491 e. The van der Waals surface area contributed by atoms with Gasteiger partial charge in [-0.15, -0.1) is 0 Å². The first-order valence-corrected chi connectivity index (χ1v) is 15.5. The van der Waals surface area contributed by atoms with Crippen molar-refractivity contribution in [2.75, 3.05) is 50.9 Å². The molecule has 11 nitrogen and oxygen atoms in total. The standard InChI is InChI=1S/C30H35ClN8O.C2H4O2/c1-37-13-15-38(16-14-37)21-9-11-22(12-10-21)39-30-27(29(32)33-18-34-30)28(36-39)19-5-7-20(8-6-19)35-24-17-40-25-4-2-3-23(31)26(24)25;1-2(3)4/h2-8,18,21-22,24,35H,9-17H2,1H3,(H2,32,33,34);1H3,(H,3,4). The molecule has 7 rings (SSSR count). The van der Waals surface area contributed by atoms with Crippen LogP contribution in [0.3, 0.4) is 0 Å². The number of ether oxygens (including phenoxy) is 1. The van der Waals surface area contributed by atoms with Crippen LogP contribution in [0.15, 0.2) is 48.8 Å². The third-order valence-corrected chi connectivity index (χ3v) is 9.18. The first-order valence-electron chi connectivity index (χ1n) is 15.2. The number of carboxylic acid groups (broad SMARTS) is 1. The molecule has 44 heavy (non-hydrogen) atoms. The summed E-state index contributed by atoms with van der Waals surface area (Å²) in [6, 6.07) is 15.0. The van der Waals surface area contributed by atoms with Gasteiger partial charge in [0, 0.05) is 61.0 Å². The summed E-state index contributed by atoms with van der Waals surface area (Å²) in [4.78, 5) is 23.1. The van der Waals surface area contributed by atoms with E-state index in [4.69, 9.17) is 37.1 Å². The molecule has 3 aliphatic rings. The van der Waals surface area contributed by atoms with Crippen molar-refractivity contribution < 1.29 is 14.6 Å². The van der Waals surface area contributed by atoms with Crippen molar-refractivity contribution in [3.8, 4) is 17.0 Å². The van der Waals surface area contributed by atoms with Crippen molar-refractivity contribution in [2.24, 2.45) is 0 Å². The number of fused-ring (bicyclic) bond motifs is 2. The second kappa shape index (κ2) is 13.0. The Morgan fingerprint density at radius 3 is 2.41 bits per heavy atom. The number of nitrogens with zero attached hydrogens (tertiary/aromatic N) is 6. The van der Waals surface area contributed by atoms with Gasteiger partial charge in [-0.1, -0.05) is 29.8 Å². The summed E-state index contributed by atoms with van der Waals surface area (Å²) in [6.45, 7) is 6.28. The van der Waals surface area contributed by atoms with E-state index in [1.54, 1.807) is 6.33 Å². The summed E-state index contributed by atoms with van der Waals surface area (Å²) >= 11 is 6.47. The molecule has 232 valence electrons. The molecule has 4 heterocycles. The van der Waals surface area contributed by atoms with Gasteiger partial charge in [-0.2, -0.15) is 5.10 Å². The van der Waals surface area contributed by atoms with Crippen molar-refractivity contribution >= 4 is 40.1 Å². The van der Waals surface area contributed by atoms with Crippen LogP contribution < -0.4 is 15.8 Å². The van der Waals surface area contributed by atoms with Crippen LogP contribution in [0.2, 0.25) is 5.02 Å². The molecule has 2 fully saturated rings. The largest absolute Gasteiger partial charge is 0.491 e. The first-order chi connectivity index (χ1) is 21.3. The average Bonchev–Trinajstić information content (AvgIpc) is 3.61. The molecule has 2 aliphatic heterocycles. The zero-order chi connectivity index (χ0) is 30.8. The molecule has 0 amide bonds. The van der Waals surface area contributed by atoms with Gasteiger partial charge in [-0.25, -0.2) is 14.6 Å². The molecular formula is C32H39ClN8O3. The Labute approximate surface area is 262 Å². The third-order valence-electron chi connectivity index (χ3n) is 8.85. The van der Waals surface area contributed by atoms with Gasteiger partial charge in [0.25, 0.3) is 5.97 Å². The lowest BCUT2D eigenvalue weighted by Crippen LogP contribution is -2.49. The zero-order valence-corrected chi connectivity index (χ0v) is 25.9. The van der Waals surface area contributed by atoms with Crippen LogP contribution in [0, 0.1) is 0 Å². The molecule has 12 heteroatoms. The van der Waals surface area contributed by atoms with Gasteiger partial charge < -0.3 is 25.8 Å². The van der Waals surface area contributed by atoms with Gasteiger partial charge in [0.1, 0.15) is 30.2 Å². The van der Waals surface area contributed by atoms with Crippen LogP contribution in [0.5, 0.6) is 5.75 Å². The molecule has 1 saturated heterocycles. The molecule has 0 spiro atoms. The molecular weight excluding hydrogens is 580 g/mol. The maximum absolute atomic E-state index is 9.00. The molecule has 1 unspecified atom stereocenters. The van der Waals surface area contributed by atoms with E-state index in [1.807, 2.05) is 18.2 Å². The van der Waals surface area contributed by atoms with E-state index in [-0.39, 0.29) is 6.04 Å². The first kappa shape index (κ1) is 30.1. The normalized spacial score (nSPS) is 22.1. The molecule has 2 aromatic carbocycles. The number of halogens is 1. The third kappa shape index (κ3) is 6.31. The van der Waals surface area contributed by atoms with Crippen molar-refractivity contribution in [1.29, 1.82) is 0 Å². The lowest BCUT2D eigenvalue weighted by Gasteiger charge is -2.41. The van der Waals surface area contributed by atoms with Crippen LogP contribution in [0.1, 0.15) is 50.3 Å². The Balaban J connectivity index is 0.000000810. The molecule has 1 aliphatic carbocycles. The van der Waals surface area contributed by atoms with E-state index >= 15 is 0 Å². The van der Waals surface area contributed by atoms with Crippen LogP contribution in [0.25, 0.3) is 22.3 Å². The Morgan fingerprint density at radius 2 is 1.70 bits per heavy atom. The topological polar surface area (TPSA) is 135 Å². The Bertz CT molecular complexity index is 1610. The number of carbonyl (C=O) groups is 1. The quantitative estimate of drug-likeness (QED) is 0.277. The zero-order valence-electron chi connectivity index (χ0n) is 25.1. The Kier molecular flexibility index (Phi) is 8.88. The number of rotatable bonds is 5. The highest BCUT2D eigenvalue weighted by Crippen LogP contribution is 2.40. The van der Waals surface area contributed by atoms with Crippen LogP contribution >= 0.6 is 11.6 Å². The highest BCUT2D eigenvalue weighted by molar-refractivity contribution is 6.31. The summed E-state index contributed by atoms with van der Waals surface area (Å²) in [5, 5.41) is 17.6. The van der Waals surface area contributed by atoms with Crippen LogP contribution in [-0.2, 0) is 4.79 Å². The molecule has 0 radical (unpaired) electrons. The molecule has 1 atom stereocenters. The highest BCUT2D eigenvalue weighted by atomic mass is 35.5. The van der Waals surface area contributed by atoms with E-state index in [9.17, 15) is 0 Å². The minimum atomic E-state index is -0.833. The summed E-state index contributed by atoms with van der Waals surface area (Å²) in [7, 11) is 2.21. The average molecular weight is 619 g/mol. The lowest BCUT2D eigenvalue weighted by molar-refractivity contribution is -0.134. The number of aromatic nitrogens is 4. The number of benzene rings is 2. The van der Waals surface area contributed by atoms with Gasteiger partial charge in [0.05, 0.1) is 17.5 Å². The molecule has 0 bridgehead atoms. The Hall–Kier alpha value is -3.93. The number of aliphatic carboxylic acids is 1. The highest BCUT2D eigenvalue weighted by Gasteiger charge is 2.31. The van der Waals surface area contributed by atoms with Crippen LogP contribution in [-0.4, -0.2) is 86.5 Å². The van der Waals surface area contributed by atoms with Crippen LogP contribution in [0.4, 0.5) is 11.5 Å². The fourth-order valence-corrected chi connectivity index (χ4v) is 6.88. The van der Waals surface area contributed by atoms with E-state index in [2.05, 4.69) is 61.1 Å². The number of carboxylic acids is 1. The summed E-state index contributed by atoms with van der Waals surface area (Å²) in [6.07, 6.45) is 6.10. The van der Waals surface area contributed by atoms with E-state index < -0.39 is 5.97 Å². The van der Waals surface area contributed by atoms with E-state index in [0.29, 0.717) is 29.5 Å². The monoisotopic (exact) mass is 618 g/mol. The fourth-order valence-electron chi connectivity index (χ4n) is 6.58. The number of piperazine rings is 1. The lowest BCUT2D eigenvalue weighted by atomic mass is 9.90. The van der Waals surface area contributed by atoms with Crippen molar-refractivity contribution in [3.05, 3.63) is 59.4 Å². The number of likely N-dealkylation sites (N-methyl/N-ethyl adjacent to an activating group) is 1. The molecule has 4 aromatic rings. The number of hydrogen-bond acceptors (Lipinski definition) is 9.